The van der Waals surface area contributed by atoms with Crippen molar-refractivity contribution in [3.63, 3.8) is 0 Å². The second-order valence-corrected chi connectivity index (χ2v) is 4.96. The first-order valence-corrected chi connectivity index (χ1v) is 6.53. The maximum Gasteiger partial charge on any atom is 0.189 e. The quantitative estimate of drug-likeness (QED) is 0.215. The van der Waals surface area contributed by atoms with E-state index in [4.69, 9.17) is 19.7 Å². The van der Waals surface area contributed by atoms with Crippen molar-refractivity contribution in [2.24, 2.45) is 0 Å². The Hall–Kier alpha value is -0.440. The minimum atomic E-state index is -1.91. The zero-order valence-corrected chi connectivity index (χ0v) is 11.5. The molecule has 132 valence electrons. The van der Waals surface area contributed by atoms with Gasteiger partial charge in [0.1, 0.15) is 42.7 Å². The molecular weight excluding hydrogens is 308 g/mol. The Bertz CT molecular complexity index is 329. The van der Waals surface area contributed by atoms with E-state index in [1.165, 1.54) is 0 Å². The van der Waals surface area contributed by atoms with Crippen molar-refractivity contribution in [2.75, 3.05) is 13.2 Å². The molecular formula is C11H22O11. The van der Waals surface area contributed by atoms with Crippen LogP contribution in [0.1, 0.15) is 0 Å². The van der Waals surface area contributed by atoms with Gasteiger partial charge in [0.2, 0.25) is 0 Å². The summed E-state index contributed by atoms with van der Waals surface area (Å²) in [7, 11) is 0. The lowest BCUT2D eigenvalue weighted by atomic mass is 10.0. The summed E-state index contributed by atoms with van der Waals surface area (Å²) in [5.41, 5.74) is 0. The smallest absolute Gasteiger partial charge is 0.189 e. The summed E-state index contributed by atoms with van der Waals surface area (Å²) in [6.07, 6.45) is -16.2. The molecule has 9 atom stereocenters. The molecule has 0 aliphatic carbocycles. The standard InChI is InChI=1S/C11H22O11/c12-1-3(14)5(16)9(4(15)2-13)21-11-8(19)6(17)7(18)10(20)22-11/h3-20H,1-2H2/t3-,4+,5+,6-,7+,8+,9+,10-,11+/m0/s1. The molecule has 0 spiro atoms. The van der Waals surface area contributed by atoms with Crippen LogP contribution in [-0.4, -0.2) is 114 Å². The lowest BCUT2D eigenvalue weighted by Crippen LogP contribution is -2.61. The molecule has 11 nitrogen and oxygen atoms in total. The summed E-state index contributed by atoms with van der Waals surface area (Å²) in [6, 6.07) is 0. The van der Waals surface area contributed by atoms with Crippen molar-refractivity contribution in [2.45, 2.75) is 55.3 Å². The van der Waals surface area contributed by atoms with Gasteiger partial charge < -0.3 is 55.4 Å². The zero-order valence-electron chi connectivity index (χ0n) is 11.5. The average molecular weight is 330 g/mol. The van der Waals surface area contributed by atoms with Crippen LogP contribution in [0.25, 0.3) is 0 Å². The van der Waals surface area contributed by atoms with E-state index in [-0.39, 0.29) is 0 Å². The number of rotatable bonds is 7. The average Bonchev–Trinajstić information content (AvgIpc) is 2.52. The number of aliphatic hydroxyl groups excluding tert-OH is 9. The molecule has 0 amide bonds. The molecule has 11 heteroatoms. The van der Waals surface area contributed by atoms with Crippen LogP contribution in [0, 0.1) is 0 Å². The fourth-order valence-electron chi connectivity index (χ4n) is 1.93. The van der Waals surface area contributed by atoms with Crippen molar-refractivity contribution in [3.05, 3.63) is 0 Å². The SMILES string of the molecule is OC[C@@H](O)[C@@H](O[C@@H]1O[C@H](O)[C@H](O)[C@H](O)[C@H]1O)[C@H](O)[C@@H](O)CO. The Morgan fingerprint density at radius 1 is 0.818 bits per heavy atom. The van der Waals surface area contributed by atoms with Gasteiger partial charge in [-0.1, -0.05) is 0 Å². The van der Waals surface area contributed by atoms with Gasteiger partial charge in [-0.25, -0.2) is 0 Å². The Morgan fingerprint density at radius 2 is 1.36 bits per heavy atom. The van der Waals surface area contributed by atoms with E-state index >= 15 is 0 Å². The van der Waals surface area contributed by atoms with Gasteiger partial charge >= 0.3 is 0 Å². The van der Waals surface area contributed by atoms with Crippen molar-refractivity contribution < 1.29 is 55.4 Å². The van der Waals surface area contributed by atoms with Crippen molar-refractivity contribution in [3.8, 4) is 0 Å². The topological polar surface area (TPSA) is 201 Å². The molecule has 1 saturated heterocycles. The predicted molar refractivity (Wildman–Crippen MR) is 66.0 cm³/mol. The maximum absolute atomic E-state index is 9.76. The molecule has 1 fully saturated rings. The van der Waals surface area contributed by atoms with Gasteiger partial charge in [-0.05, 0) is 0 Å². The van der Waals surface area contributed by atoms with Crippen LogP contribution >= 0.6 is 0 Å². The lowest BCUT2D eigenvalue weighted by molar-refractivity contribution is -0.358. The highest BCUT2D eigenvalue weighted by Gasteiger charge is 2.46. The van der Waals surface area contributed by atoms with Crippen LogP contribution in [0.3, 0.4) is 0 Å². The Morgan fingerprint density at radius 3 is 1.86 bits per heavy atom. The van der Waals surface area contributed by atoms with E-state index in [9.17, 15) is 35.7 Å². The van der Waals surface area contributed by atoms with Crippen molar-refractivity contribution >= 4 is 0 Å². The third-order valence-electron chi connectivity index (χ3n) is 3.32. The first-order valence-electron chi connectivity index (χ1n) is 6.53. The molecule has 22 heavy (non-hydrogen) atoms. The summed E-state index contributed by atoms with van der Waals surface area (Å²) in [6.45, 7) is -1.77. The number of aliphatic hydroxyl groups is 9. The summed E-state index contributed by atoms with van der Waals surface area (Å²) in [4.78, 5) is 0. The highest BCUT2D eigenvalue weighted by atomic mass is 16.8. The molecule has 1 aliphatic rings. The molecule has 0 aromatic rings. The lowest BCUT2D eigenvalue weighted by Gasteiger charge is -2.40. The fraction of sp³-hybridized carbons (Fsp3) is 1.00. The molecule has 0 bridgehead atoms. The van der Waals surface area contributed by atoms with Gasteiger partial charge in [-0.2, -0.15) is 0 Å². The van der Waals surface area contributed by atoms with E-state index < -0.39 is 68.5 Å². The van der Waals surface area contributed by atoms with Gasteiger partial charge in [-0.3, -0.25) is 0 Å². The molecule has 9 N–H and O–H groups in total. The molecule has 1 rings (SSSR count). The first kappa shape index (κ1) is 19.6. The predicted octanol–water partition coefficient (Wildman–Crippen LogP) is -5.80. The Labute approximate surface area is 125 Å². The van der Waals surface area contributed by atoms with E-state index in [0.29, 0.717) is 0 Å². The van der Waals surface area contributed by atoms with Crippen LogP contribution in [0.2, 0.25) is 0 Å². The number of ether oxygens (including phenoxy) is 2. The van der Waals surface area contributed by atoms with Crippen LogP contribution in [0.5, 0.6) is 0 Å². The highest BCUT2D eigenvalue weighted by molar-refractivity contribution is 4.88. The van der Waals surface area contributed by atoms with Crippen LogP contribution in [-0.2, 0) is 9.47 Å². The number of hydrogen-bond donors (Lipinski definition) is 9. The Balaban J connectivity index is 2.84. The normalized spacial score (nSPS) is 38.3. The van der Waals surface area contributed by atoms with Crippen molar-refractivity contribution in [1.82, 2.24) is 0 Å². The molecule has 0 radical (unpaired) electrons. The second-order valence-electron chi connectivity index (χ2n) is 4.96. The van der Waals surface area contributed by atoms with Crippen molar-refractivity contribution in [1.29, 1.82) is 0 Å². The zero-order chi connectivity index (χ0) is 17.0. The number of hydrogen-bond acceptors (Lipinski definition) is 11. The largest absolute Gasteiger partial charge is 0.394 e. The van der Waals surface area contributed by atoms with Gasteiger partial charge in [0.15, 0.2) is 12.6 Å². The highest BCUT2D eigenvalue weighted by Crippen LogP contribution is 2.23. The van der Waals surface area contributed by atoms with E-state index in [1.807, 2.05) is 0 Å². The second kappa shape index (κ2) is 8.42. The van der Waals surface area contributed by atoms with E-state index in [2.05, 4.69) is 0 Å². The molecule has 1 aliphatic heterocycles. The fourth-order valence-corrected chi connectivity index (χ4v) is 1.93. The van der Waals surface area contributed by atoms with E-state index in [1.54, 1.807) is 0 Å². The van der Waals surface area contributed by atoms with Gasteiger partial charge in [0.05, 0.1) is 13.2 Å². The van der Waals surface area contributed by atoms with Crippen LogP contribution in [0.15, 0.2) is 0 Å². The molecule has 0 saturated carbocycles. The van der Waals surface area contributed by atoms with Gasteiger partial charge in [0, 0.05) is 0 Å². The minimum absolute atomic E-state index is 0.878. The van der Waals surface area contributed by atoms with Crippen LogP contribution < -0.4 is 0 Å². The monoisotopic (exact) mass is 330 g/mol. The minimum Gasteiger partial charge on any atom is -0.394 e. The third kappa shape index (κ3) is 4.31. The molecule has 0 unspecified atom stereocenters. The molecule has 1 heterocycles. The van der Waals surface area contributed by atoms with Gasteiger partial charge in [-0.15, -0.1) is 0 Å². The van der Waals surface area contributed by atoms with Crippen LogP contribution in [0.4, 0.5) is 0 Å². The summed E-state index contributed by atoms with van der Waals surface area (Å²) < 4.78 is 9.69. The first-order chi connectivity index (χ1) is 10.2. The van der Waals surface area contributed by atoms with Gasteiger partial charge in [0.25, 0.3) is 0 Å². The third-order valence-corrected chi connectivity index (χ3v) is 3.32. The molecule has 0 aromatic heterocycles. The summed E-state index contributed by atoms with van der Waals surface area (Å²) >= 11 is 0. The maximum atomic E-state index is 9.76. The summed E-state index contributed by atoms with van der Waals surface area (Å²) in [5.74, 6) is 0. The Kier molecular flexibility index (Phi) is 7.51. The van der Waals surface area contributed by atoms with E-state index in [0.717, 1.165) is 0 Å². The summed E-state index contributed by atoms with van der Waals surface area (Å²) in [5, 5.41) is 84.3. The molecule has 0 aromatic carbocycles.